The molecular weight excluding hydrogens is 216 g/mol. The van der Waals surface area contributed by atoms with Gasteiger partial charge in [0, 0.05) is 12.8 Å². The van der Waals surface area contributed by atoms with Gasteiger partial charge in [-0.3, -0.25) is 0 Å². The summed E-state index contributed by atoms with van der Waals surface area (Å²) in [5.74, 6) is -0.423. The molecule has 1 aliphatic heterocycles. The van der Waals surface area contributed by atoms with Crippen molar-refractivity contribution in [2.75, 3.05) is 6.61 Å². The van der Waals surface area contributed by atoms with Crippen molar-refractivity contribution < 1.29 is 14.6 Å². The average Bonchev–Trinajstić information content (AvgIpc) is 2.98. The zero-order valence-corrected chi connectivity index (χ0v) is 9.84. The molecule has 2 aliphatic rings. The molecule has 2 unspecified atom stereocenters. The van der Waals surface area contributed by atoms with Gasteiger partial charge in [-0.1, -0.05) is 30.3 Å². The van der Waals surface area contributed by atoms with Gasteiger partial charge in [0.05, 0.1) is 6.61 Å². The molecule has 3 rings (SSSR count). The minimum Gasteiger partial charge on any atom is -0.394 e. The van der Waals surface area contributed by atoms with Crippen molar-refractivity contribution in [3.63, 3.8) is 0 Å². The molecule has 2 atom stereocenters. The second kappa shape index (κ2) is 4.41. The molecule has 0 bridgehead atoms. The van der Waals surface area contributed by atoms with Crippen molar-refractivity contribution >= 4 is 0 Å². The lowest BCUT2D eigenvalue weighted by Crippen LogP contribution is -2.27. The summed E-state index contributed by atoms with van der Waals surface area (Å²) < 4.78 is 12.1. The van der Waals surface area contributed by atoms with Gasteiger partial charge in [0.15, 0.2) is 5.79 Å². The molecule has 0 amide bonds. The molecule has 1 aliphatic carbocycles. The smallest absolute Gasteiger partial charge is 0.169 e. The van der Waals surface area contributed by atoms with Crippen molar-refractivity contribution in [1.82, 2.24) is 0 Å². The molecule has 1 N–H and O–H groups in total. The van der Waals surface area contributed by atoms with E-state index in [1.54, 1.807) is 0 Å². The summed E-state index contributed by atoms with van der Waals surface area (Å²) >= 11 is 0. The molecule has 0 radical (unpaired) electrons. The van der Waals surface area contributed by atoms with Gasteiger partial charge in [-0.2, -0.15) is 0 Å². The predicted molar refractivity (Wildman–Crippen MR) is 63.4 cm³/mol. The molecule has 1 spiro atoms. The van der Waals surface area contributed by atoms with Crippen LogP contribution in [-0.4, -0.2) is 23.6 Å². The van der Waals surface area contributed by atoms with Crippen molar-refractivity contribution in [1.29, 1.82) is 0 Å². The Morgan fingerprint density at radius 1 is 1.12 bits per heavy atom. The highest BCUT2D eigenvalue weighted by Crippen LogP contribution is 2.46. The van der Waals surface area contributed by atoms with Crippen LogP contribution in [0.15, 0.2) is 30.3 Å². The highest BCUT2D eigenvalue weighted by molar-refractivity contribution is 5.20. The summed E-state index contributed by atoms with van der Waals surface area (Å²) in [6.45, 7) is 0.0152. The molecule has 3 nitrogen and oxygen atoms in total. The van der Waals surface area contributed by atoms with Crippen LogP contribution in [0.4, 0.5) is 0 Å². The van der Waals surface area contributed by atoms with Gasteiger partial charge in [0.2, 0.25) is 0 Å². The number of ether oxygens (including phenoxy) is 2. The van der Waals surface area contributed by atoms with E-state index in [4.69, 9.17) is 9.47 Å². The topological polar surface area (TPSA) is 38.7 Å². The van der Waals surface area contributed by atoms with Crippen LogP contribution in [0.5, 0.6) is 0 Å². The highest BCUT2D eigenvalue weighted by atomic mass is 16.8. The predicted octanol–water partition coefficient (Wildman–Crippen LogP) is 2.41. The van der Waals surface area contributed by atoms with E-state index < -0.39 is 5.79 Å². The van der Waals surface area contributed by atoms with Gasteiger partial charge >= 0.3 is 0 Å². The minimum atomic E-state index is -0.423. The Balaban J connectivity index is 1.84. The molecule has 1 saturated carbocycles. The van der Waals surface area contributed by atoms with Gasteiger partial charge in [0.25, 0.3) is 0 Å². The quantitative estimate of drug-likeness (QED) is 0.854. The van der Waals surface area contributed by atoms with Gasteiger partial charge in [-0.05, 0) is 18.4 Å². The van der Waals surface area contributed by atoms with Gasteiger partial charge in [-0.25, -0.2) is 0 Å². The summed E-state index contributed by atoms with van der Waals surface area (Å²) in [7, 11) is 0. The van der Waals surface area contributed by atoms with Gasteiger partial charge in [0.1, 0.15) is 12.2 Å². The average molecular weight is 234 g/mol. The lowest BCUT2D eigenvalue weighted by Gasteiger charge is -2.21. The lowest BCUT2D eigenvalue weighted by atomic mass is 10.1. The Kier molecular flexibility index (Phi) is 2.90. The Hall–Kier alpha value is -0.900. The maximum Gasteiger partial charge on any atom is 0.169 e. The highest BCUT2D eigenvalue weighted by Gasteiger charge is 2.49. The van der Waals surface area contributed by atoms with Crippen molar-refractivity contribution in [2.45, 2.75) is 43.7 Å². The van der Waals surface area contributed by atoms with Gasteiger partial charge in [-0.15, -0.1) is 0 Å². The number of hydrogen-bond acceptors (Lipinski definition) is 3. The maximum atomic E-state index is 9.44. The van der Waals surface area contributed by atoms with Gasteiger partial charge < -0.3 is 14.6 Å². The normalized spacial score (nSPS) is 31.1. The third-order valence-corrected chi connectivity index (χ3v) is 3.72. The molecule has 3 heteroatoms. The Bertz CT molecular complexity index is 370. The molecule has 17 heavy (non-hydrogen) atoms. The summed E-state index contributed by atoms with van der Waals surface area (Å²) in [6, 6.07) is 10.0. The number of aliphatic hydroxyl groups excluding tert-OH is 1. The van der Waals surface area contributed by atoms with Crippen LogP contribution in [0.3, 0.4) is 0 Å². The van der Waals surface area contributed by atoms with Crippen molar-refractivity contribution in [3.05, 3.63) is 35.9 Å². The van der Waals surface area contributed by atoms with Crippen molar-refractivity contribution in [3.8, 4) is 0 Å². The third-order valence-electron chi connectivity index (χ3n) is 3.72. The van der Waals surface area contributed by atoms with Crippen LogP contribution >= 0.6 is 0 Å². The fourth-order valence-corrected chi connectivity index (χ4v) is 2.88. The number of benzene rings is 1. The van der Waals surface area contributed by atoms with Crippen LogP contribution in [0.25, 0.3) is 0 Å². The Labute approximate surface area is 101 Å². The first-order valence-electron chi connectivity index (χ1n) is 6.34. The molecule has 1 saturated heterocycles. The summed E-state index contributed by atoms with van der Waals surface area (Å²) in [5.41, 5.74) is 1.09. The van der Waals surface area contributed by atoms with E-state index in [0.29, 0.717) is 0 Å². The van der Waals surface area contributed by atoms with Crippen LogP contribution in [-0.2, 0) is 9.47 Å². The van der Waals surface area contributed by atoms with Crippen LogP contribution in [0, 0.1) is 0 Å². The van der Waals surface area contributed by atoms with Crippen molar-refractivity contribution in [2.24, 2.45) is 0 Å². The minimum absolute atomic E-state index is 0.0152. The maximum absolute atomic E-state index is 9.44. The zero-order valence-electron chi connectivity index (χ0n) is 9.84. The summed E-state index contributed by atoms with van der Waals surface area (Å²) in [5, 5.41) is 9.44. The lowest BCUT2D eigenvalue weighted by molar-refractivity contribution is -0.172. The fraction of sp³-hybridized carbons (Fsp3) is 0.571. The standard InChI is InChI=1S/C14H18O3/c15-10-12-13(11-6-2-1-3-7-11)17-14(16-12)8-4-5-9-14/h1-3,6-7,12-13,15H,4-5,8-10H2. The van der Waals surface area contributed by atoms with E-state index in [2.05, 4.69) is 0 Å². The first-order valence-corrected chi connectivity index (χ1v) is 6.34. The van der Waals surface area contributed by atoms with E-state index in [0.717, 1.165) is 31.2 Å². The first-order chi connectivity index (χ1) is 8.33. The second-order valence-electron chi connectivity index (χ2n) is 4.91. The molecule has 92 valence electrons. The van der Waals surface area contributed by atoms with E-state index in [9.17, 15) is 5.11 Å². The first kappa shape index (κ1) is 11.2. The molecule has 1 heterocycles. The largest absolute Gasteiger partial charge is 0.394 e. The van der Waals surface area contributed by atoms with E-state index in [1.807, 2.05) is 30.3 Å². The van der Waals surface area contributed by atoms with Crippen LogP contribution < -0.4 is 0 Å². The summed E-state index contributed by atoms with van der Waals surface area (Å²) in [6.07, 6.45) is 3.86. The van der Waals surface area contributed by atoms with Crippen LogP contribution in [0.1, 0.15) is 37.4 Å². The Morgan fingerprint density at radius 2 is 1.82 bits per heavy atom. The molecule has 1 aromatic rings. The van der Waals surface area contributed by atoms with E-state index >= 15 is 0 Å². The zero-order chi connectivity index (χ0) is 11.7. The molecule has 0 aromatic heterocycles. The molecule has 1 aromatic carbocycles. The van der Waals surface area contributed by atoms with E-state index in [-0.39, 0.29) is 18.8 Å². The molecular formula is C14H18O3. The third kappa shape index (κ3) is 1.99. The van der Waals surface area contributed by atoms with Crippen LogP contribution in [0.2, 0.25) is 0 Å². The molecule has 2 fully saturated rings. The second-order valence-corrected chi connectivity index (χ2v) is 4.91. The fourth-order valence-electron chi connectivity index (χ4n) is 2.88. The monoisotopic (exact) mass is 234 g/mol. The van der Waals surface area contributed by atoms with E-state index in [1.165, 1.54) is 0 Å². The number of aliphatic hydroxyl groups is 1. The Morgan fingerprint density at radius 3 is 2.47 bits per heavy atom. The number of hydrogen-bond donors (Lipinski definition) is 1. The summed E-state index contributed by atoms with van der Waals surface area (Å²) in [4.78, 5) is 0. The SMILES string of the molecule is OCC1OC2(CCCC2)OC1c1ccccc1. The number of rotatable bonds is 2.